The van der Waals surface area contributed by atoms with Crippen molar-refractivity contribution in [3.63, 3.8) is 0 Å². The average molecular weight is 284 g/mol. The summed E-state index contributed by atoms with van der Waals surface area (Å²) in [7, 11) is 0. The van der Waals surface area contributed by atoms with E-state index >= 15 is 0 Å². The van der Waals surface area contributed by atoms with E-state index in [0.29, 0.717) is 22.1 Å². The molecule has 0 unspecified atom stereocenters. The summed E-state index contributed by atoms with van der Waals surface area (Å²) in [6, 6.07) is 5.52. The fourth-order valence-corrected chi connectivity index (χ4v) is 2.42. The number of rotatable bonds is 4. The van der Waals surface area contributed by atoms with Gasteiger partial charge in [0.2, 0.25) is 0 Å². The molecule has 0 fully saturated rings. The molecule has 2 rings (SSSR count). The average Bonchev–Trinajstić information content (AvgIpc) is 2.78. The quantitative estimate of drug-likeness (QED) is 0.847. The summed E-state index contributed by atoms with van der Waals surface area (Å²) in [5.74, 6) is 0. The molecule has 3 N–H and O–H groups in total. The van der Waals surface area contributed by atoms with Gasteiger partial charge in [-0.15, -0.1) is 11.3 Å². The van der Waals surface area contributed by atoms with Gasteiger partial charge in [-0.25, -0.2) is 4.98 Å². The summed E-state index contributed by atoms with van der Waals surface area (Å²) >= 11 is 12.5. The van der Waals surface area contributed by atoms with E-state index < -0.39 is 0 Å². The maximum absolute atomic E-state index is 6.06. The highest BCUT2D eigenvalue weighted by Crippen LogP contribution is 2.21. The van der Waals surface area contributed by atoms with Crippen LogP contribution in [-0.2, 0) is 6.54 Å². The predicted molar refractivity (Wildman–Crippen MR) is 76.8 cm³/mol. The molecular weight excluding hydrogens is 274 g/mol. The number of nitrogens with two attached hydrogens (primary N) is 1. The van der Waals surface area contributed by atoms with Crippen LogP contribution in [0.2, 0.25) is 5.02 Å². The molecule has 2 aromatic rings. The molecule has 17 heavy (non-hydrogen) atoms. The van der Waals surface area contributed by atoms with E-state index in [4.69, 9.17) is 29.6 Å². The van der Waals surface area contributed by atoms with E-state index in [1.807, 2.05) is 23.6 Å². The van der Waals surface area contributed by atoms with Crippen molar-refractivity contribution in [2.75, 3.05) is 5.32 Å². The van der Waals surface area contributed by atoms with Gasteiger partial charge in [0, 0.05) is 16.6 Å². The molecule has 1 aromatic heterocycles. The zero-order valence-electron chi connectivity index (χ0n) is 8.81. The van der Waals surface area contributed by atoms with E-state index in [9.17, 15) is 0 Å². The maximum Gasteiger partial charge on any atom is 0.105 e. The first kappa shape index (κ1) is 12.3. The largest absolute Gasteiger partial charge is 0.389 e. The van der Waals surface area contributed by atoms with Crippen molar-refractivity contribution >= 4 is 45.8 Å². The Hall–Kier alpha value is -1.17. The van der Waals surface area contributed by atoms with Gasteiger partial charge in [0.1, 0.15) is 4.99 Å². The molecule has 0 saturated carbocycles. The molecule has 0 spiro atoms. The molecule has 0 saturated heterocycles. The standard InChI is InChI=1S/C11H10ClN3S2/c12-10-3-7(1-2-9(10)11(13)16)14-4-8-5-17-6-15-8/h1-3,5-6,14H,4H2,(H2,13,16). The van der Waals surface area contributed by atoms with Gasteiger partial charge >= 0.3 is 0 Å². The van der Waals surface area contributed by atoms with E-state index in [2.05, 4.69) is 10.3 Å². The van der Waals surface area contributed by atoms with Gasteiger partial charge < -0.3 is 11.1 Å². The molecule has 1 aromatic carbocycles. The number of hydrogen-bond donors (Lipinski definition) is 2. The SMILES string of the molecule is NC(=S)c1ccc(NCc2cscn2)cc1Cl. The number of benzene rings is 1. The third-order valence-corrected chi connectivity index (χ3v) is 3.36. The highest BCUT2D eigenvalue weighted by molar-refractivity contribution is 7.80. The second kappa shape index (κ2) is 5.44. The lowest BCUT2D eigenvalue weighted by Gasteiger charge is -2.07. The maximum atomic E-state index is 6.06. The molecule has 0 aliphatic rings. The monoisotopic (exact) mass is 283 g/mol. The van der Waals surface area contributed by atoms with Gasteiger partial charge in [-0.3, -0.25) is 0 Å². The Morgan fingerprint density at radius 1 is 1.53 bits per heavy atom. The highest BCUT2D eigenvalue weighted by Gasteiger charge is 2.04. The van der Waals surface area contributed by atoms with Crippen molar-refractivity contribution in [3.8, 4) is 0 Å². The molecule has 1 heterocycles. The normalized spacial score (nSPS) is 10.2. The van der Waals surface area contributed by atoms with Crippen molar-refractivity contribution in [1.29, 1.82) is 0 Å². The fourth-order valence-electron chi connectivity index (χ4n) is 1.34. The van der Waals surface area contributed by atoms with Crippen molar-refractivity contribution in [2.24, 2.45) is 5.73 Å². The highest BCUT2D eigenvalue weighted by atomic mass is 35.5. The Morgan fingerprint density at radius 3 is 2.94 bits per heavy atom. The number of thiazole rings is 1. The van der Waals surface area contributed by atoms with Crippen LogP contribution in [0, 0.1) is 0 Å². The third kappa shape index (κ3) is 3.15. The third-order valence-electron chi connectivity index (χ3n) is 2.19. The van der Waals surface area contributed by atoms with Gasteiger partial charge in [-0.2, -0.15) is 0 Å². The Bertz CT molecular complexity index is 526. The van der Waals surface area contributed by atoms with Crippen molar-refractivity contribution in [2.45, 2.75) is 6.54 Å². The lowest BCUT2D eigenvalue weighted by Crippen LogP contribution is -2.10. The van der Waals surface area contributed by atoms with Crippen LogP contribution in [-0.4, -0.2) is 9.97 Å². The van der Waals surface area contributed by atoms with E-state index in [0.717, 1.165) is 11.4 Å². The number of anilines is 1. The van der Waals surface area contributed by atoms with E-state index in [1.54, 1.807) is 16.8 Å². The molecule has 0 bridgehead atoms. The number of hydrogen-bond acceptors (Lipinski definition) is 4. The predicted octanol–water partition coefficient (Wildman–Crippen LogP) is 3.04. The summed E-state index contributed by atoms with van der Waals surface area (Å²) in [5, 5.41) is 5.78. The Kier molecular flexibility index (Phi) is 3.93. The van der Waals surface area contributed by atoms with Crippen LogP contribution in [0.4, 0.5) is 5.69 Å². The van der Waals surface area contributed by atoms with Crippen molar-refractivity contribution in [1.82, 2.24) is 4.98 Å². The van der Waals surface area contributed by atoms with Crippen LogP contribution < -0.4 is 11.1 Å². The number of nitrogens with one attached hydrogen (secondary N) is 1. The molecule has 0 radical (unpaired) electrons. The van der Waals surface area contributed by atoms with Gasteiger partial charge in [0.15, 0.2) is 0 Å². The first-order valence-corrected chi connectivity index (χ1v) is 6.60. The zero-order chi connectivity index (χ0) is 12.3. The molecule has 0 aliphatic carbocycles. The molecule has 0 amide bonds. The smallest absolute Gasteiger partial charge is 0.105 e. The van der Waals surface area contributed by atoms with Gasteiger partial charge in [0.05, 0.1) is 22.8 Å². The summed E-state index contributed by atoms with van der Waals surface area (Å²) in [5.41, 5.74) is 9.96. The molecule has 3 nitrogen and oxygen atoms in total. The van der Waals surface area contributed by atoms with Crippen LogP contribution in [0.15, 0.2) is 29.1 Å². The number of thiocarbonyl (C=S) groups is 1. The fraction of sp³-hybridized carbons (Fsp3) is 0.0909. The minimum Gasteiger partial charge on any atom is -0.389 e. The summed E-state index contributed by atoms with van der Waals surface area (Å²) in [4.78, 5) is 4.49. The number of halogens is 1. The zero-order valence-corrected chi connectivity index (χ0v) is 11.2. The van der Waals surface area contributed by atoms with E-state index in [-0.39, 0.29) is 0 Å². The molecule has 88 valence electrons. The topological polar surface area (TPSA) is 50.9 Å². The summed E-state index contributed by atoms with van der Waals surface area (Å²) in [6.07, 6.45) is 0. The van der Waals surface area contributed by atoms with Gasteiger partial charge in [-0.1, -0.05) is 23.8 Å². The minimum atomic E-state index is 0.307. The second-order valence-electron chi connectivity index (χ2n) is 3.39. The second-order valence-corrected chi connectivity index (χ2v) is 4.96. The molecule has 0 aliphatic heterocycles. The lowest BCUT2D eigenvalue weighted by atomic mass is 10.2. The van der Waals surface area contributed by atoms with Gasteiger partial charge in [0.25, 0.3) is 0 Å². The first-order valence-electron chi connectivity index (χ1n) is 4.87. The molecule has 6 heteroatoms. The van der Waals surface area contributed by atoms with Crippen LogP contribution in [0.3, 0.4) is 0 Å². The number of aromatic nitrogens is 1. The van der Waals surface area contributed by atoms with Crippen LogP contribution in [0.5, 0.6) is 0 Å². The van der Waals surface area contributed by atoms with Crippen LogP contribution in [0.1, 0.15) is 11.3 Å². The molecular formula is C11H10ClN3S2. The summed E-state index contributed by atoms with van der Waals surface area (Å²) < 4.78 is 0. The molecule has 0 atom stereocenters. The Balaban J connectivity index is 2.07. The summed E-state index contributed by atoms with van der Waals surface area (Å²) in [6.45, 7) is 0.673. The minimum absolute atomic E-state index is 0.307. The van der Waals surface area contributed by atoms with E-state index in [1.165, 1.54) is 0 Å². The van der Waals surface area contributed by atoms with Crippen LogP contribution >= 0.6 is 35.2 Å². The number of nitrogens with zero attached hydrogens (tertiary/aromatic N) is 1. The van der Waals surface area contributed by atoms with Crippen molar-refractivity contribution in [3.05, 3.63) is 45.4 Å². The Labute approximate surface area is 114 Å². The van der Waals surface area contributed by atoms with Gasteiger partial charge in [-0.05, 0) is 18.2 Å². The lowest BCUT2D eigenvalue weighted by molar-refractivity contribution is 1.07. The van der Waals surface area contributed by atoms with Crippen molar-refractivity contribution < 1.29 is 0 Å². The van der Waals surface area contributed by atoms with Crippen LogP contribution in [0.25, 0.3) is 0 Å². The first-order chi connectivity index (χ1) is 8.16. The Morgan fingerprint density at radius 2 is 2.35 bits per heavy atom.